The van der Waals surface area contributed by atoms with Crippen molar-refractivity contribution in [3.8, 4) is 0 Å². The largest absolute Gasteiger partial charge is 0.462 e. The van der Waals surface area contributed by atoms with Crippen molar-refractivity contribution in [3.05, 3.63) is 24.3 Å². The highest BCUT2D eigenvalue weighted by Crippen LogP contribution is 2.17. The van der Waals surface area contributed by atoms with Gasteiger partial charge in [0.15, 0.2) is 6.10 Å². The van der Waals surface area contributed by atoms with Crippen LogP contribution < -0.4 is 0 Å². The predicted molar refractivity (Wildman–Crippen MR) is 298 cm³/mol. The van der Waals surface area contributed by atoms with Crippen molar-refractivity contribution >= 4 is 17.9 Å². The Balaban J connectivity index is 4.05. The molecule has 0 amide bonds. The lowest BCUT2D eigenvalue weighted by Crippen LogP contribution is -2.30. The third-order valence-corrected chi connectivity index (χ3v) is 13.9. The van der Waals surface area contributed by atoms with Crippen LogP contribution >= 0.6 is 0 Å². The maximum atomic E-state index is 12.8. The highest BCUT2D eigenvalue weighted by molar-refractivity contribution is 5.71. The second kappa shape index (κ2) is 58.5. The Bertz CT molecular complexity index is 1110. The lowest BCUT2D eigenvalue weighted by atomic mass is 10.0. The van der Waals surface area contributed by atoms with Crippen LogP contribution in [-0.2, 0) is 28.6 Å². The van der Waals surface area contributed by atoms with Crippen molar-refractivity contribution in [2.45, 2.75) is 348 Å². The summed E-state index contributed by atoms with van der Waals surface area (Å²) in [4.78, 5) is 38.0. The van der Waals surface area contributed by atoms with Gasteiger partial charge in [0, 0.05) is 19.3 Å². The summed E-state index contributed by atoms with van der Waals surface area (Å²) in [6.07, 6.45) is 69.2. The topological polar surface area (TPSA) is 78.9 Å². The first-order valence-electron chi connectivity index (χ1n) is 30.8. The Hall–Kier alpha value is -2.11. The summed E-state index contributed by atoms with van der Waals surface area (Å²) in [6.45, 7) is 6.64. The van der Waals surface area contributed by atoms with Gasteiger partial charge in [0.1, 0.15) is 13.2 Å². The van der Waals surface area contributed by atoms with E-state index in [1.807, 2.05) is 0 Å². The van der Waals surface area contributed by atoms with E-state index >= 15 is 0 Å². The van der Waals surface area contributed by atoms with Crippen molar-refractivity contribution in [3.63, 3.8) is 0 Å². The average Bonchev–Trinajstić information content (AvgIpc) is 3.35. The zero-order valence-corrected chi connectivity index (χ0v) is 46.6. The van der Waals surface area contributed by atoms with Crippen LogP contribution in [0.15, 0.2) is 24.3 Å². The fraction of sp³-hybridized carbons (Fsp3) is 0.889. The molecule has 0 aliphatic carbocycles. The highest BCUT2D eigenvalue weighted by Gasteiger charge is 2.19. The zero-order chi connectivity index (χ0) is 50.0. The molecule has 1 unspecified atom stereocenters. The molecule has 6 nitrogen and oxygen atoms in total. The molecule has 0 aromatic heterocycles. The summed E-state index contributed by atoms with van der Waals surface area (Å²) in [7, 11) is 0. The number of hydrogen-bond donors (Lipinski definition) is 0. The Morgan fingerprint density at radius 2 is 0.478 bits per heavy atom. The molecule has 0 saturated carbocycles. The van der Waals surface area contributed by atoms with E-state index < -0.39 is 6.10 Å². The van der Waals surface area contributed by atoms with Gasteiger partial charge in [-0.3, -0.25) is 14.4 Å². The number of ether oxygens (including phenoxy) is 3. The molecule has 0 rings (SSSR count). The van der Waals surface area contributed by atoms with Crippen LogP contribution in [0.25, 0.3) is 0 Å². The highest BCUT2D eigenvalue weighted by atomic mass is 16.6. The molecule has 0 aliphatic heterocycles. The van der Waals surface area contributed by atoms with Crippen LogP contribution in [-0.4, -0.2) is 37.2 Å². The van der Waals surface area contributed by atoms with Crippen molar-refractivity contribution < 1.29 is 28.6 Å². The van der Waals surface area contributed by atoms with E-state index in [1.165, 1.54) is 238 Å². The fourth-order valence-electron chi connectivity index (χ4n) is 9.26. The monoisotopic (exact) mass is 971 g/mol. The minimum atomic E-state index is -0.769. The summed E-state index contributed by atoms with van der Waals surface area (Å²) in [5.74, 6) is -0.861. The number of allylic oxidation sites excluding steroid dienone is 4. The summed E-state index contributed by atoms with van der Waals surface area (Å²) < 4.78 is 16.8. The molecule has 69 heavy (non-hydrogen) atoms. The van der Waals surface area contributed by atoms with E-state index in [-0.39, 0.29) is 31.1 Å². The van der Waals surface area contributed by atoms with Gasteiger partial charge in [-0.25, -0.2) is 0 Å². The molecule has 0 spiro atoms. The van der Waals surface area contributed by atoms with E-state index in [1.54, 1.807) is 0 Å². The first-order chi connectivity index (χ1) is 34.0. The van der Waals surface area contributed by atoms with Gasteiger partial charge in [-0.2, -0.15) is 0 Å². The summed E-state index contributed by atoms with van der Waals surface area (Å²) in [6, 6.07) is 0. The molecule has 0 heterocycles. The SMILES string of the molecule is CCCCC/C=C\CCCCCCCC(=O)OC(COC(=O)CCCCCCCCCCCC)COC(=O)CCCCCCCCCCCCCCCCCCC/C=C\CCCCCCCCCC. The average molecular weight is 972 g/mol. The molecule has 0 N–H and O–H groups in total. The van der Waals surface area contributed by atoms with Crippen molar-refractivity contribution in [1.29, 1.82) is 0 Å². The molecule has 0 aliphatic rings. The summed E-state index contributed by atoms with van der Waals surface area (Å²) >= 11 is 0. The van der Waals surface area contributed by atoms with Crippen LogP contribution in [0.5, 0.6) is 0 Å². The minimum Gasteiger partial charge on any atom is -0.462 e. The van der Waals surface area contributed by atoms with E-state index in [2.05, 4.69) is 45.1 Å². The Morgan fingerprint density at radius 3 is 0.754 bits per heavy atom. The summed E-state index contributed by atoms with van der Waals surface area (Å²) in [5.41, 5.74) is 0. The molecule has 1 atom stereocenters. The van der Waals surface area contributed by atoms with Gasteiger partial charge in [-0.05, 0) is 70.6 Å². The molecule has 0 radical (unpaired) electrons. The van der Waals surface area contributed by atoms with E-state index in [0.717, 1.165) is 64.2 Å². The van der Waals surface area contributed by atoms with Gasteiger partial charge in [-0.15, -0.1) is 0 Å². The lowest BCUT2D eigenvalue weighted by molar-refractivity contribution is -0.167. The van der Waals surface area contributed by atoms with Crippen molar-refractivity contribution in [2.24, 2.45) is 0 Å². The molecular weight excluding hydrogens is 853 g/mol. The molecule has 0 fully saturated rings. The van der Waals surface area contributed by atoms with E-state index in [4.69, 9.17) is 14.2 Å². The molecule has 0 bridgehead atoms. The number of carbonyl (C=O) groups is 3. The lowest BCUT2D eigenvalue weighted by Gasteiger charge is -2.18. The normalized spacial score (nSPS) is 12.1. The smallest absolute Gasteiger partial charge is 0.306 e. The predicted octanol–water partition coefficient (Wildman–Crippen LogP) is 20.7. The Kier molecular flexibility index (Phi) is 56.7. The minimum absolute atomic E-state index is 0.0696. The van der Waals surface area contributed by atoms with Gasteiger partial charge in [-0.1, -0.05) is 276 Å². The third-order valence-electron chi connectivity index (χ3n) is 13.9. The van der Waals surface area contributed by atoms with Crippen LogP contribution in [0.3, 0.4) is 0 Å². The maximum Gasteiger partial charge on any atom is 0.306 e. The molecule has 406 valence electrons. The van der Waals surface area contributed by atoms with Gasteiger partial charge in [0.2, 0.25) is 0 Å². The summed E-state index contributed by atoms with van der Waals surface area (Å²) in [5, 5.41) is 0. The zero-order valence-electron chi connectivity index (χ0n) is 46.6. The van der Waals surface area contributed by atoms with Crippen LogP contribution in [0.1, 0.15) is 342 Å². The number of unbranched alkanes of at least 4 members (excludes halogenated alkanes) is 42. The van der Waals surface area contributed by atoms with Crippen LogP contribution in [0, 0.1) is 0 Å². The standard InChI is InChI=1S/C63H118O6/c1-4-7-10-13-16-19-22-24-25-26-27-28-29-30-31-32-33-34-35-36-37-38-39-40-42-44-47-50-53-56-62(65)68-59-60(58-67-61(64)55-52-49-46-43-21-18-15-12-9-6-3)69-63(66)57-54-51-48-45-41-23-20-17-14-11-8-5-2/h17,20,26-27,60H,4-16,18-19,21-25,28-59H2,1-3H3/b20-17-,27-26-. The number of hydrogen-bond acceptors (Lipinski definition) is 6. The van der Waals surface area contributed by atoms with Crippen molar-refractivity contribution in [2.75, 3.05) is 13.2 Å². The molecule has 0 aromatic carbocycles. The van der Waals surface area contributed by atoms with E-state index in [0.29, 0.717) is 19.3 Å². The Labute approximate surface area is 430 Å². The first-order valence-corrected chi connectivity index (χ1v) is 30.8. The third kappa shape index (κ3) is 56.7. The number of carbonyl (C=O) groups excluding carboxylic acids is 3. The molecule has 0 aromatic rings. The van der Waals surface area contributed by atoms with Gasteiger partial charge < -0.3 is 14.2 Å². The van der Waals surface area contributed by atoms with Crippen molar-refractivity contribution in [1.82, 2.24) is 0 Å². The van der Waals surface area contributed by atoms with E-state index in [9.17, 15) is 14.4 Å². The van der Waals surface area contributed by atoms with Crippen LogP contribution in [0.2, 0.25) is 0 Å². The van der Waals surface area contributed by atoms with Gasteiger partial charge in [0.25, 0.3) is 0 Å². The van der Waals surface area contributed by atoms with Gasteiger partial charge in [0.05, 0.1) is 0 Å². The molecule has 0 saturated heterocycles. The quantitative estimate of drug-likeness (QED) is 0.0261. The number of esters is 3. The Morgan fingerprint density at radius 1 is 0.275 bits per heavy atom. The van der Waals surface area contributed by atoms with Crippen LogP contribution in [0.4, 0.5) is 0 Å². The molecular formula is C63H118O6. The maximum absolute atomic E-state index is 12.8. The second-order valence-electron chi connectivity index (χ2n) is 21.0. The van der Waals surface area contributed by atoms with Gasteiger partial charge >= 0.3 is 17.9 Å². The molecule has 6 heteroatoms. The first kappa shape index (κ1) is 66.9. The number of rotatable bonds is 57. The second-order valence-corrected chi connectivity index (χ2v) is 21.0. The fourth-order valence-corrected chi connectivity index (χ4v) is 9.26.